The molecule has 0 bridgehead atoms. The van der Waals surface area contributed by atoms with Crippen LogP contribution < -0.4 is 0 Å². The van der Waals surface area contributed by atoms with Crippen LogP contribution >= 0.6 is 11.9 Å². The Balaban J connectivity index is 1.96. The van der Waals surface area contributed by atoms with Crippen molar-refractivity contribution in [1.82, 2.24) is 4.31 Å². The third-order valence-electron chi connectivity index (χ3n) is 1.74. The Morgan fingerprint density at radius 1 is 1.36 bits per heavy atom. The lowest BCUT2D eigenvalue weighted by molar-refractivity contribution is 0.0773. The van der Waals surface area contributed by atoms with Gasteiger partial charge in [0, 0.05) is 18.8 Å². The van der Waals surface area contributed by atoms with Crippen LogP contribution in [0.5, 0.6) is 0 Å². The highest BCUT2D eigenvalue weighted by atomic mass is 32.2. The van der Waals surface area contributed by atoms with E-state index in [0.29, 0.717) is 0 Å². The van der Waals surface area contributed by atoms with Gasteiger partial charge >= 0.3 is 0 Å². The van der Waals surface area contributed by atoms with Gasteiger partial charge in [-0.2, -0.15) is 0 Å². The molecule has 0 aromatic carbocycles. The molecule has 2 nitrogen and oxygen atoms in total. The van der Waals surface area contributed by atoms with Gasteiger partial charge in [-0.1, -0.05) is 25.3 Å². The van der Waals surface area contributed by atoms with Crippen LogP contribution in [-0.2, 0) is 4.74 Å². The molecule has 0 spiro atoms. The quantitative estimate of drug-likeness (QED) is 0.477. The van der Waals surface area contributed by atoms with Gasteiger partial charge in [0.15, 0.2) is 0 Å². The van der Waals surface area contributed by atoms with Crippen LogP contribution in [0.1, 0.15) is 19.8 Å². The molecule has 1 fully saturated rings. The summed E-state index contributed by atoms with van der Waals surface area (Å²) in [6.07, 6.45) is 2.64. The van der Waals surface area contributed by atoms with Gasteiger partial charge in [0.05, 0.1) is 13.2 Å². The molecule has 3 heteroatoms. The van der Waals surface area contributed by atoms with Crippen LogP contribution in [0.15, 0.2) is 0 Å². The van der Waals surface area contributed by atoms with Crippen LogP contribution in [0.3, 0.4) is 0 Å². The highest BCUT2D eigenvalue weighted by Crippen LogP contribution is 2.13. The van der Waals surface area contributed by atoms with E-state index in [4.69, 9.17) is 4.74 Å². The van der Waals surface area contributed by atoms with Crippen molar-refractivity contribution in [2.45, 2.75) is 19.8 Å². The molecule has 1 saturated heterocycles. The van der Waals surface area contributed by atoms with Gasteiger partial charge in [-0.25, -0.2) is 4.31 Å². The van der Waals surface area contributed by atoms with Crippen molar-refractivity contribution in [3.63, 3.8) is 0 Å². The minimum Gasteiger partial charge on any atom is -0.379 e. The van der Waals surface area contributed by atoms with Gasteiger partial charge in [-0.3, -0.25) is 0 Å². The molecule has 0 N–H and O–H groups in total. The lowest BCUT2D eigenvalue weighted by atomic mass is 10.4. The van der Waals surface area contributed by atoms with Crippen LogP contribution in [-0.4, -0.2) is 36.4 Å². The van der Waals surface area contributed by atoms with Crippen molar-refractivity contribution in [3.8, 4) is 0 Å². The Morgan fingerprint density at radius 3 is 2.73 bits per heavy atom. The van der Waals surface area contributed by atoms with E-state index in [1.165, 1.54) is 18.6 Å². The second-order valence-electron chi connectivity index (χ2n) is 2.73. The van der Waals surface area contributed by atoms with Crippen LogP contribution in [0.2, 0.25) is 0 Å². The Labute approximate surface area is 73.4 Å². The number of hydrogen-bond donors (Lipinski definition) is 0. The van der Waals surface area contributed by atoms with Crippen molar-refractivity contribution >= 4 is 11.9 Å². The van der Waals surface area contributed by atoms with Gasteiger partial charge < -0.3 is 4.74 Å². The van der Waals surface area contributed by atoms with E-state index in [0.717, 1.165) is 26.3 Å². The summed E-state index contributed by atoms with van der Waals surface area (Å²) in [5.74, 6) is 1.27. The Kier molecular flexibility index (Phi) is 4.99. The molecular formula is C8H17NOS. The maximum absolute atomic E-state index is 5.25. The molecule has 0 aliphatic carbocycles. The number of morpholine rings is 1. The molecule has 0 unspecified atom stereocenters. The summed E-state index contributed by atoms with van der Waals surface area (Å²) in [6.45, 7) is 6.28. The summed E-state index contributed by atoms with van der Waals surface area (Å²) in [6, 6.07) is 0. The summed E-state index contributed by atoms with van der Waals surface area (Å²) in [5, 5.41) is 0. The number of rotatable bonds is 4. The standard InChI is InChI=1S/C8H17NOS/c1-2-3-8-11-9-4-6-10-7-5-9/h2-8H2,1H3. The lowest BCUT2D eigenvalue weighted by Gasteiger charge is -2.25. The van der Waals surface area contributed by atoms with E-state index in [9.17, 15) is 0 Å². The zero-order chi connectivity index (χ0) is 7.94. The highest BCUT2D eigenvalue weighted by Gasteiger charge is 2.09. The SMILES string of the molecule is CCCCSN1CCOCC1. The van der Waals surface area contributed by atoms with E-state index in [2.05, 4.69) is 11.2 Å². The first-order chi connectivity index (χ1) is 5.43. The molecule has 1 aliphatic rings. The summed E-state index contributed by atoms with van der Waals surface area (Å²) in [7, 11) is 0. The Morgan fingerprint density at radius 2 is 2.09 bits per heavy atom. The number of nitrogens with zero attached hydrogens (tertiary/aromatic N) is 1. The minimum atomic E-state index is 0.916. The average Bonchev–Trinajstić information content (AvgIpc) is 2.07. The summed E-state index contributed by atoms with van der Waals surface area (Å²) in [5.41, 5.74) is 0. The second kappa shape index (κ2) is 5.86. The van der Waals surface area contributed by atoms with E-state index in [-0.39, 0.29) is 0 Å². The monoisotopic (exact) mass is 175 g/mol. The Hall–Kier alpha value is 0.270. The average molecular weight is 175 g/mol. The largest absolute Gasteiger partial charge is 0.379 e. The molecule has 0 aromatic rings. The maximum atomic E-state index is 5.25. The lowest BCUT2D eigenvalue weighted by Crippen LogP contribution is -2.31. The summed E-state index contributed by atoms with van der Waals surface area (Å²) >= 11 is 1.98. The van der Waals surface area contributed by atoms with E-state index in [1.807, 2.05) is 11.9 Å². The number of unbranched alkanes of at least 4 members (excludes halogenated alkanes) is 1. The minimum absolute atomic E-state index is 0.916. The van der Waals surface area contributed by atoms with Crippen LogP contribution in [0.25, 0.3) is 0 Å². The zero-order valence-corrected chi connectivity index (χ0v) is 8.03. The van der Waals surface area contributed by atoms with Crippen LogP contribution in [0.4, 0.5) is 0 Å². The molecule has 1 rings (SSSR count). The van der Waals surface area contributed by atoms with Crippen molar-refractivity contribution in [2.75, 3.05) is 32.1 Å². The molecule has 0 amide bonds. The van der Waals surface area contributed by atoms with E-state index < -0.39 is 0 Å². The van der Waals surface area contributed by atoms with E-state index in [1.54, 1.807) is 0 Å². The van der Waals surface area contributed by atoms with Crippen molar-refractivity contribution in [1.29, 1.82) is 0 Å². The van der Waals surface area contributed by atoms with Crippen molar-refractivity contribution in [2.24, 2.45) is 0 Å². The molecule has 0 saturated carbocycles. The molecular weight excluding hydrogens is 158 g/mol. The first-order valence-electron chi connectivity index (χ1n) is 4.39. The predicted octanol–water partition coefficient (Wildman–Crippen LogP) is 1.77. The molecule has 66 valence electrons. The van der Waals surface area contributed by atoms with Gasteiger partial charge in [-0.05, 0) is 6.42 Å². The normalized spacial score (nSPS) is 20.5. The number of hydrogen-bond acceptors (Lipinski definition) is 3. The second-order valence-corrected chi connectivity index (χ2v) is 3.91. The van der Waals surface area contributed by atoms with Crippen molar-refractivity contribution < 1.29 is 4.74 Å². The van der Waals surface area contributed by atoms with Gasteiger partial charge in [-0.15, -0.1) is 0 Å². The van der Waals surface area contributed by atoms with E-state index >= 15 is 0 Å². The zero-order valence-electron chi connectivity index (χ0n) is 7.21. The maximum Gasteiger partial charge on any atom is 0.0603 e. The summed E-state index contributed by atoms with van der Waals surface area (Å²) in [4.78, 5) is 0. The van der Waals surface area contributed by atoms with Crippen LogP contribution in [0, 0.1) is 0 Å². The molecule has 1 heterocycles. The topological polar surface area (TPSA) is 12.5 Å². The third-order valence-corrected chi connectivity index (χ3v) is 2.94. The van der Waals surface area contributed by atoms with Crippen molar-refractivity contribution in [3.05, 3.63) is 0 Å². The fraction of sp³-hybridized carbons (Fsp3) is 1.00. The molecule has 0 atom stereocenters. The molecule has 0 aromatic heterocycles. The predicted molar refractivity (Wildman–Crippen MR) is 49.8 cm³/mol. The molecule has 1 aliphatic heterocycles. The third kappa shape index (κ3) is 3.99. The van der Waals surface area contributed by atoms with Gasteiger partial charge in [0.25, 0.3) is 0 Å². The highest BCUT2D eigenvalue weighted by molar-refractivity contribution is 7.97. The smallest absolute Gasteiger partial charge is 0.0603 e. The molecule has 11 heavy (non-hydrogen) atoms. The molecule has 0 radical (unpaired) electrons. The van der Waals surface area contributed by atoms with Gasteiger partial charge in [0.1, 0.15) is 0 Å². The Bertz CT molecular complexity index is 94.1. The number of ether oxygens (including phenoxy) is 1. The fourth-order valence-electron chi connectivity index (χ4n) is 1.01. The van der Waals surface area contributed by atoms with Gasteiger partial charge in [0.2, 0.25) is 0 Å². The first-order valence-corrected chi connectivity index (χ1v) is 5.33. The first kappa shape index (κ1) is 9.36. The summed E-state index contributed by atoms with van der Waals surface area (Å²) < 4.78 is 7.67. The fourth-order valence-corrected chi connectivity index (χ4v) is 2.10.